The van der Waals surface area contributed by atoms with Gasteiger partial charge in [0.1, 0.15) is 0 Å². The largest absolute Gasteiger partial charge is 0.481 e. The van der Waals surface area contributed by atoms with Gasteiger partial charge >= 0.3 is 5.97 Å². The SMILES string of the molecule is CC(C)=CC(=O)NCC1(C(=O)O)CCCCCC1. The van der Waals surface area contributed by atoms with E-state index in [1.165, 1.54) is 6.08 Å². The fourth-order valence-electron chi connectivity index (χ4n) is 2.44. The van der Waals surface area contributed by atoms with Crippen LogP contribution in [-0.2, 0) is 9.59 Å². The molecule has 0 bridgehead atoms. The average molecular weight is 253 g/mol. The standard InChI is InChI=1S/C14H23NO3/c1-11(2)9-12(16)15-10-14(13(17)18)7-5-3-4-6-8-14/h9H,3-8,10H2,1-2H3,(H,15,16)(H,17,18). The molecule has 0 aliphatic heterocycles. The molecule has 102 valence electrons. The zero-order valence-electron chi connectivity index (χ0n) is 11.3. The van der Waals surface area contributed by atoms with Crippen molar-refractivity contribution in [1.29, 1.82) is 0 Å². The maximum absolute atomic E-state index is 11.6. The number of amides is 1. The second kappa shape index (κ2) is 6.57. The molecule has 0 atom stereocenters. The second-order valence-corrected chi connectivity index (χ2v) is 5.44. The molecular formula is C14H23NO3. The summed E-state index contributed by atoms with van der Waals surface area (Å²) in [5.74, 6) is -0.971. The van der Waals surface area contributed by atoms with E-state index in [9.17, 15) is 14.7 Å². The molecule has 0 saturated heterocycles. The molecule has 0 aromatic carbocycles. The fourth-order valence-corrected chi connectivity index (χ4v) is 2.44. The fraction of sp³-hybridized carbons (Fsp3) is 0.714. The normalized spacial score (nSPS) is 18.6. The van der Waals surface area contributed by atoms with Gasteiger partial charge in [-0.15, -0.1) is 0 Å². The van der Waals surface area contributed by atoms with Crippen molar-refractivity contribution in [2.45, 2.75) is 52.4 Å². The highest BCUT2D eigenvalue weighted by molar-refractivity contribution is 5.88. The number of aliphatic carboxylic acids is 1. The van der Waals surface area contributed by atoms with Gasteiger partial charge < -0.3 is 10.4 Å². The molecular weight excluding hydrogens is 230 g/mol. The third-order valence-corrected chi connectivity index (χ3v) is 3.54. The van der Waals surface area contributed by atoms with Crippen molar-refractivity contribution < 1.29 is 14.7 Å². The third kappa shape index (κ3) is 4.17. The summed E-state index contributed by atoms with van der Waals surface area (Å²) >= 11 is 0. The van der Waals surface area contributed by atoms with Gasteiger partial charge in [0.25, 0.3) is 0 Å². The predicted octanol–water partition coefficient (Wildman–Crippen LogP) is 2.49. The van der Waals surface area contributed by atoms with Gasteiger partial charge in [-0.25, -0.2) is 0 Å². The second-order valence-electron chi connectivity index (χ2n) is 5.44. The van der Waals surface area contributed by atoms with Crippen LogP contribution in [0.4, 0.5) is 0 Å². The van der Waals surface area contributed by atoms with Crippen LogP contribution in [0.1, 0.15) is 52.4 Å². The van der Waals surface area contributed by atoms with Crippen LogP contribution in [0.3, 0.4) is 0 Å². The minimum atomic E-state index is -0.776. The summed E-state index contributed by atoms with van der Waals surface area (Å²) in [6.45, 7) is 3.93. The van der Waals surface area contributed by atoms with Gasteiger partial charge in [0.05, 0.1) is 5.41 Å². The van der Waals surface area contributed by atoms with Crippen LogP contribution in [0.2, 0.25) is 0 Å². The lowest BCUT2D eigenvalue weighted by Gasteiger charge is -2.28. The molecule has 1 aliphatic carbocycles. The maximum Gasteiger partial charge on any atom is 0.311 e. The Morgan fingerprint density at radius 1 is 1.17 bits per heavy atom. The van der Waals surface area contributed by atoms with E-state index in [4.69, 9.17) is 0 Å². The Morgan fingerprint density at radius 3 is 2.17 bits per heavy atom. The Labute approximate surface area is 108 Å². The zero-order valence-corrected chi connectivity index (χ0v) is 11.3. The Balaban J connectivity index is 2.65. The van der Waals surface area contributed by atoms with E-state index >= 15 is 0 Å². The Morgan fingerprint density at radius 2 is 1.72 bits per heavy atom. The number of carboxylic acids is 1. The van der Waals surface area contributed by atoms with Gasteiger partial charge in [-0.1, -0.05) is 31.3 Å². The first kappa shape index (κ1) is 14.7. The first-order chi connectivity index (χ1) is 8.46. The van der Waals surface area contributed by atoms with Crippen LogP contribution >= 0.6 is 0 Å². The van der Waals surface area contributed by atoms with E-state index < -0.39 is 11.4 Å². The molecule has 1 fully saturated rings. The topological polar surface area (TPSA) is 66.4 Å². The van der Waals surface area contributed by atoms with Crippen LogP contribution in [0.5, 0.6) is 0 Å². The van der Waals surface area contributed by atoms with Gasteiger partial charge in [0, 0.05) is 12.6 Å². The first-order valence-electron chi connectivity index (χ1n) is 6.62. The van der Waals surface area contributed by atoms with Crippen molar-refractivity contribution in [3.05, 3.63) is 11.6 Å². The van der Waals surface area contributed by atoms with Gasteiger partial charge in [0.2, 0.25) is 5.91 Å². The number of hydrogen-bond acceptors (Lipinski definition) is 2. The molecule has 4 heteroatoms. The molecule has 0 radical (unpaired) electrons. The lowest BCUT2D eigenvalue weighted by molar-refractivity contribution is -0.149. The number of nitrogens with one attached hydrogen (secondary N) is 1. The highest BCUT2D eigenvalue weighted by Gasteiger charge is 2.38. The van der Waals surface area contributed by atoms with Crippen LogP contribution < -0.4 is 5.32 Å². The molecule has 1 rings (SSSR count). The summed E-state index contributed by atoms with van der Waals surface area (Å²) in [4.78, 5) is 23.1. The highest BCUT2D eigenvalue weighted by atomic mass is 16.4. The van der Waals surface area contributed by atoms with Crippen LogP contribution in [-0.4, -0.2) is 23.5 Å². The molecule has 1 aliphatic rings. The summed E-state index contributed by atoms with van der Waals surface area (Å²) in [7, 11) is 0. The Hall–Kier alpha value is -1.32. The van der Waals surface area contributed by atoms with Crippen molar-refractivity contribution in [2.75, 3.05) is 6.54 Å². The Bertz CT molecular complexity index is 335. The van der Waals surface area contributed by atoms with Crippen LogP contribution in [0.15, 0.2) is 11.6 Å². The summed E-state index contributed by atoms with van der Waals surface area (Å²) in [6.07, 6.45) is 6.89. The molecule has 0 aromatic heterocycles. The molecule has 2 N–H and O–H groups in total. The summed E-state index contributed by atoms with van der Waals surface area (Å²) in [5, 5.41) is 12.2. The molecule has 1 saturated carbocycles. The molecule has 0 unspecified atom stereocenters. The van der Waals surface area contributed by atoms with Gasteiger partial charge in [-0.2, -0.15) is 0 Å². The average Bonchev–Trinajstić information content (AvgIpc) is 2.51. The number of allylic oxidation sites excluding steroid dienone is 1. The molecule has 18 heavy (non-hydrogen) atoms. The lowest BCUT2D eigenvalue weighted by atomic mass is 9.80. The minimum Gasteiger partial charge on any atom is -0.481 e. The number of rotatable bonds is 4. The number of carbonyl (C=O) groups is 2. The van der Waals surface area contributed by atoms with E-state index in [1.54, 1.807) is 0 Å². The molecule has 0 spiro atoms. The molecule has 0 heterocycles. The van der Waals surface area contributed by atoms with Crippen molar-refractivity contribution in [3.63, 3.8) is 0 Å². The van der Waals surface area contributed by atoms with Gasteiger partial charge in [-0.3, -0.25) is 9.59 Å². The molecule has 1 amide bonds. The summed E-state index contributed by atoms with van der Waals surface area (Å²) in [5.41, 5.74) is 0.152. The van der Waals surface area contributed by atoms with E-state index in [2.05, 4.69) is 5.32 Å². The monoisotopic (exact) mass is 253 g/mol. The van der Waals surface area contributed by atoms with Crippen molar-refractivity contribution in [1.82, 2.24) is 5.32 Å². The number of carbonyl (C=O) groups excluding carboxylic acids is 1. The summed E-state index contributed by atoms with van der Waals surface area (Å²) < 4.78 is 0. The lowest BCUT2D eigenvalue weighted by Crippen LogP contribution is -2.42. The van der Waals surface area contributed by atoms with Gasteiger partial charge in [-0.05, 0) is 26.7 Å². The smallest absolute Gasteiger partial charge is 0.311 e. The molecule has 0 aromatic rings. The van der Waals surface area contributed by atoms with E-state index in [1.807, 2.05) is 13.8 Å². The quantitative estimate of drug-likeness (QED) is 0.597. The number of hydrogen-bond donors (Lipinski definition) is 2. The van der Waals surface area contributed by atoms with Crippen LogP contribution in [0.25, 0.3) is 0 Å². The number of carboxylic acid groups (broad SMARTS) is 1. The van der Waals surface area contributed by atoms with Gasteiger partial charge in [0.15, 0.2) is 0 Å². The zero-order chi connectivity index (χ0) is 13.6. The van der Waals surface area contributed by atoms with Crippen molar-refractivity contribution in [3.8, 4) is 0 Å². The minimum absolute atomic E-state index is 0.195. The van der Waals surface area contributed by atoms with Crippen molar-refractivity contribution >= 4 is 11.9 Å². The highest BCUT2D eigenvalue weighted by Crippen LogP contribution is 2.34. The Kier molecular flexibility index (Phi) is 5.38. The maximum atomic E-state index is 11.6. The van der Waals surface area contributed by atoms with Crippen molar-refractivity contribution in [2.24, 2.45) is 5.41 Å². The van der Waals surface area contributed by atoms with E-state index in [0.29, 0.717) is 12.8 Å². The van der Waals surface area contributed by atoms with E-state index in [-0.39, 0.29) is 12.5 Å². The summed E-state index contributed by atoms with van der Waals surface area (Å²) in [6, 6.07) is 0. The van der Waals surface area contributed by atoms with E-state index in [0.717, 1.165) is 31.3 Å². The molecule has 4 nitrogen and oxygen atoms in total. The van der Waals surface area contributed by atoms with Crippen LogP contribution in [0, 0.1) is 5.41 Å². The predicted molar refractivity (Wildman–Crippen MR) is 70.2 cm³/mol. The third-order valence-electron chi connectivity index (χ3n) is 3.54. The first-order valence-corrected chi connectivity index (χ1v) is 6.62.